The maximum Gasteiger partial charge on any atom is 0.234 e. The molecule has 5 nitrogen and oxygen atoms in total. The summed E-state index contributed by atoms with van der Waals surface area (Å²) in [6, 6.07) is 17.0. The number of carbonyl (C=O) groups excluding carboxylic acids is 2. The van der Waals surface area contributed by atoms with Crippen LogP contribution in [0, 0.1) is 11.3 Å². The Labute approximate surface area is 155 Å². The fourth-order valence-corrected chi connectivity index (χ4v) is 2.49. The molecule has 2 aromatic carbocycles. The summed E-state index contributed by atoms with van der Waals surface area (Å²) in [6.07, 6.45) is 0.903. The molecule has 0 bridgehead atoms. The number of aryl methyl sites for hydroxylation is 1. The van der Waals surface area contributed by atoms with Crippen molar-refractivity contribution in [2.75, 3.05) is 5.32 Å². The summed E-state index contributed by atoms with van der Waals surface area (Å²) in [5.74, 6) is -0.375. The van der Waals surface area contributed by atoms with Crippen LogP contribution in [-0.4, -0.2) is 11.8 Å². The molecule has 128 valence electrons. The van der Waals surface area contributed by atoms with Gasteiger partial charge in [-0.2, -0.15) is 5.26 Å². The zero-order chi connectivity index (χ0) is 18.1. The highest BCUT2D eigenvalue weighted by Gasteiger charge is 2.05. The second-order valence-corrected chi connectivity index (χ2v) is 6.40. The predicted molar refractivity (Wildman–Crippen MR) is 99.6 cm³/mol. The Morgan fingerprint density at radius 2 is 1.80 bits per heavy atom. The fourth-order valence-electron chi connectivity index (χ4n) is 2.23. The first kappa shape index (κ1) is 18.7. The number of anilines is 1. The van der Waals surface area contributed by atoms with E-state index in [-0.39, 0.29) is 18.2 Å². The largest absolute Gasteiger partial charge is 0.351 e. The monoisotopic (exact) mass is 399 g/mol. The van der Waals surface area contributed by atoms with Gasteiger partial charge in [-0.3, -0.25) is 9.59 Å². The van der Waals surface area contributed by atoms with Gasteiger partial charge >= 0.3 is 0 Å². The lowest BCUT2D eigenvalue weighted by Gasteiger charge is -2.08. The van der Waals surface area contributed by atoms with Gasteiger partial charge in [-0.15, -0.1) is 0 Å². The van der Waals surface area contributed by atoms with Crippen molar-refractivity contribution >= 4 is 33.4 Å². The minimum absolute atomic E-state index is 0.0615. The Kier molecular flexibility index (Phi) is 7.17. The van der Waals surface area contributed by atoms with E-state index in [4.69, 9.17) is 5.26 Å². The fraction of sp³-hybridized carbons (Fsp3) is 0.211. The number of nitrogens with one attached hydrogen (secondary N) is 2. The lowest BCUT2D eigenvalue weighted by atomic mass is 10.1. The molecule has 0 aliphatic carbocycles. The van der Waals surface area contributed by atoms with Crippen molar-refractivity contribution in [2.45, 2.75) is 25.8 Å². The molecule has 0 unspecified atom stereocenters. The van der Waals surface area contributed by atoms with E-state index in [0.717, 1.165) is 15.6 Å². The normalized spacial score (nSPS) is 9.92. The molecule has 0 aromatic heterocycles. The Hall–Kier alpha value is -2.65. The molecule has 2 rings (SSSR count). The zero-order valence-corrected chi connectivity index (χ0v) is 15.2. The first-order valence-electron chi connectivity index (χ1n) is 7.83. The van der Waals surface area contributed by atoms with E-state index < -0.39 is 0 Å². The van der Waals surface area contributed by atoms with E-state index >= 15 is 0 Å². The van der Waals surface area contributed by atoms with E-state index in [1.165, 1.54) is 0 Å². The summed E-state index contributed by atoms with van der Waals surface area (Å²) in [6.45, 7) is 0.323. The van der Waals surface area contributed by atoms with Gasteiger partial charge < -0.3 is 10.6 Å². The molecule has 2 N–H and O–H groups in total. The molecular weight excluding hydrogens is 382 g/mol. The Morgan fingerprint density at radius 3 is 2.52 bits per heavy atom. The smallest absolute Gasteiger partial charge is 0.234 e. The van der Waals surface area contributed by atoms with Crippen LogP contribution < -0.4 is 10.6 Å². The zero-order valence-electron chi connectivity index (χ0n) is 13.6. The standard InChI is InChI=1S/C19H18BrN3O2/c20-16-7-4-14(5-8-16)6-9-19(25)23-17-3-1-2-15(12-17)13-22-18(24)10-11-21/h1-5,7-8,12H,6,9-10,13H2,(H,22,24)(H,23,25). The number of hydrogen-bond donors (Lipinski definition) is 2. The van der Waals surface area contributed by atoms with E-state index in [9.17, 15) is 9.59 Å². The summed E-state index contributed by atoms with van der Waals surface area (Å²) in [5.41, 5.74) is 2.65. The summed E-state index contributed by atoms with van der Waals surface area (Å²) in [5, 5.41) is 14.0. The SMILES string of the molecule is N#CCC(=O)NCc1cccc(NC(=O)CCc2ccc(Br)cc2)c1. The van der Waals surface area contributed by atoms with Crippen molar-refractivity contribution in [3.05, 3.63) is 64.1 Å². The molecular formula is C19H18BrN3O2. The summed E-state index contributed by atoms with van der Waals surface area (Å²) >= 11 is 3.39. The van der Waals surface area contributed by atoms with Crippen molar-refractivity contribution < 1.29 is 9.59 Å². The van der Waals surface area contributed by atoms with Crippen molar-refractivity contribution in [2.24, 2.45) is 0 Å². The first-order chi connectivity index (χ1) is 12.1. The van der Waals surface area contributed by atoms with Crippen molar-refractivity contribution in [3.8, 4) is 6.07 Å². The van der Waals surface area contributed by atoms with Crippen molar-refractivity contribution in [3.63, 3.8) is 0 Å². The van der Waals surface area contributed by atoms with Crippen LogP contribution in [0.3, 0.4) is 0 Å². The van der Waals surface area contributed by atoms with E-state index in [1.54, 1.807) is 12.1 Å². The summed E-state index contributed by atoms with van der Waals surface area (Å²) in [7, 11) is 0. The lowest BCUT2D eigenvalue weighted by molar-refractivity contribution is -0.120. The maximum absolute atomic E-state index is 12.1. The van der Waals surface area contributed by atoms with Crippen LogP contribution >= 0.6 is 15.9 Å². The van der Waals surface area contributed by atoms with E-state index in [1.807, 2.05) is 42.5 Å². The number of benzene rings is 2. The van der Waals surface area contributed by atoms with Crippen LogP contribution in [0.1, 0.15) is 24.0 Å². The highest BCUT2D eigenvalue weighted by Crippen LogP contribution is 2.14. The number of nitriles is 1. The van der Waals surface area contributed by atoms with Gasteiger partial charge in [0.15, 0.2) is 0 Å². The minimum atomic E-state index is -0.313. The van der Waals surface area contributed by atoms with Gasteiger partial charge in [-0.05, 0) is 41.8 Å². The third-order valence-corrected chi connectivity index (χ3v) is 4.02. The molecule has 0 spiro atoms. The Morgan fingerprint density at radius 1 is 1.04 bits per heavy atom. The molecule has 0 radical (unpaired) electrons. The molecule has 0 heterocycles. The van der Waals surface area contributed by atoms with Crippen LogP contribution in [0.25, 0.3) is 0 Å². The van der Waals surface area contributed by atoms with Gasteiger partial charge in [-0.25, -0.2) is 0 Å². The van der Waals surface area contributed by atoms with Gasteiger partial charge in [0.05, 0.1) is 6.07 Å². The number of halogens is 1. The lowest BCUT2D eigenvalue weighted by Crippen LogP contribution is -2.22. The van der Waals surface area contributed by atoms with E-state index in [2.05, 4.69) is 26.6 Å². The second kappa shape index (κ2) is 9.60. The third kappa shape index (κ3) is 6.77. The van der Waals surface area contributed by atoms with Crippen LogP contribution in [0.4, 0.5) is 5.69 Å². The minimum Gasteiger partial charge on any atom is -0.351 e. The number of nitrogens with zero attached hydrogens (tertiary/aromatic N) is 1. The Bertz CT molecular complexity index is 782. The third-order valence-electron chi connectivity index (χ3n) is 3.49. The molecule has 0 saturated heterocycles. The molecule has 0 aliphatic rings. The van der Waals surface area contributed by atoms with Crippen LogP contribution in [0.15, 0.2) is 53.0 Å². The van der Waals surface area contributed by atoms with Crippen LogP contribution in [0.5, 0.6) is 0 Å². The average Bonchev–Trinajstić information content (AvgIpc) is 2.60. The first-order valence-corrected chi connectivity index (χ1v) is 8.63. The van der Waals surface area contributed by atoms with Gasteiger partial charge in [0, 0.05) is 23.1 Å². The maximum atomic E-state index is 12.1. The summed E-state index contributed by atoms with van der Waals surface area (Å²) in [4.78, 5) is 23.4. The van der Waals surface area contributed by atoms with Gasteiger partial charge in [0.1, 0.15) is 6.42 Å². The second-order valence-electron chi connectivity index (χ2n) is 5.49. The molecule has 2 aromatic rings. The number of rotatable bonds is 7. The molecule has 25 heavy (non-hydrogen) atoms. The number of hydrogen-bond acceptors (Lipinski definition) is 3. The van der Waals surface area contributed by atoms with Gasteiger partial charge in [0.2, 0.25) is 11.8 Å². The molecule has 0 aliphatic heterocycles. The summed E-state index contributed by atoms with van der Waals surface area (Å²) < 4.78 is 1.01. The predicted octanol–water partition coefficient (Wildman–Crippen LogP) is 3.55. The molecule has 0 fully saturated rings. The average molecular weight is 400 g/mol. The quantitative estimate of drug-likeness (QED) is 0.746. The number of amides is 2. The molecule has 0 saturated carbocycles. The van der Waals surface area contributed by atoms with Gasteiger partial charge in [0.25, 0.3) is 0 Å². The van der Waals surface area contributed by atoms with Crippen molar-refractivity contribution in [1.82, 2.24) is 5.32 Å². The Balaban J connectivity index is 1.84. The van der Waals surface area contributed by atoms with Crippen molar-refractivity contribution in [1.29, 1.82) is 5.26 Å². The molecule has 0 atom stereocenters. The number of carbonyl (C=O) groups is 2. The molecule has 2 amide bonds. The van der Waals surface area contributed by atoms with Crippen LogP contribution in [0.2, 0.25) is 0 Å². The molecule has 6 heteroatoms. The highest BCUT2D eigenvalue weighted by atomic mass is 79.9. The van der Waals surface area contributed by atoms with Crippen LogP contribution in [-0.2, 0) is 22.6 Å². The topological polar surface area (TPSA) is 82.0 Å². The van der Waals surface area contributed by atoms with Gasteiger partial charge in [-0.1, -0.05) is 40.2 Å². The van der Waals surface area contributed by atoms with E-state index in [0.29, 0.717) is 25.1 Å². The highest BCUT2D eigenvalue weighted by molar-refractivity contribution is 9.10.